The van der Waals surface area contributed by atoms with Crippen LogP contribution in [0, 0.1) is 0 Å². The van der Waals surface area contributed by atoms with Gasteiger partial charge in [0, 0.05) is 16.7 Å². The van der Waals surface area contributed by atoms with Crippen LogP contribution in [0.1, 0.15) is 22.3 Å². The monoisotopic (exact) mass is 875 g/mol. The van der Waals surface area contributed by atoms with Crippen LogP contribution in [0.5, 0.6) is 0 Å². The molecule has 0 aliphatic heterocycles. The smallest absolute Gasteiger partial charge is 0.164 e. The third-order valence-electron chi connectivity index (χ3n) is 14.6. The number of hydrogen-bond acceptors (Lipinski definition) is 3. The molecule has 2 aliphatic rings. The van der Waals surface area contributed by atoms with Crippen LogP contribution in [0.2, 0.25) is 0 Å². The van der Waals surface area contributed by atoms with Crippen LogP contribution >= 0.6 is 0 Å². The summed E-state index contributed by atoms with van der Waals surface area (Å²) in [5, 5.41) is 4.89. The lowest BCUT2D eigenvalue weighted by atomic mass is 9.66. The van der Waals surface area contributed by atoms with Crippen molar-refractivity contribution in [2.75, 3.05) is 0 Å². The first kappa shape index (κ1) is 39.1. The molecular weight excluding hydrogens is 835 g/mol. The summed E-state index contributed by atoms with van der Waals surface area (Å²) in [6.07, 6.45) is 0. The van der Waals surface area contributed by atoms with Gasteiger partial charge in [0.15, 0.2) is 17.5 Å². The molecule has 3 heteroatoms. The number of aromatic nitrogens is 3. The number of nitrogens with zero attached hydrogens (tertiary/aromatic N) is 3. The molecule has 0 atom stereocenters. The van der Waals surface area contributed by atoms with Gasteiger partial charge >= 0.3 is 0 Å². The van der Waals surface area contributed by atoms with Crippen molar-refractivity contribution in [2.24, 2.45) is 0 Å². The second-order valence-corrected chi connectivity index (χ2v) is 18.2. The van der Waals surface area contributed by atoms with Crippen molar-refractivity contribution in [1.82, 2.24) is 15.0 Å². The van der Waals surface area contributed by atoms with E-state index in [1.807, 2.05) is 0 Å². The molecule has 0 fully saturated rings. The second-order valence-electron chi connectivity index (χ2n) is 18.2. The van der Waals surface area contributed by atoms with Crippen molar-refractivity contribution in [3.8, 4) is 89.8 Å². The molecule has 1 aromatic heterocycles. The Balaban J connectivity index is 0.968. The number of fused-ring (bicyclic) bond motifs is 14. The Morgan fingerprint density at radius 2 is 0.536 bits per heavy atom. The van der Waals surface area contributed by atoms with E-state index in [4.69, 9.17) is 15.0 Å². The fourth-order valence-electron chi connectivity index (χ4n) is 11.5. The molecule has 0 radical (unpaired) electrons. The molecule has 12 aromatic rings. The van der Waals surface area contributed by atoms with Crippen molar-refractivity contribution in [3.63, 3.8) is 0 Å². The van der Waals surface area contributed by atoms with E-state index in [0.717, 1.165) is 33.4 Å². The first-order valence-corrected chi connectivity index (χ1v) is 23.7. The summed E-state index contributed by atoms with van der Waals surface area (Å²) in [6, 6.07) is 90.2. The van der Waals surface area contributed by atoms with Gasteiger partial charge in [0.1, 0.15) is 0 Å². The maximum Gasteiger partial charge on any atom is 0.164 e. The van der Waals surface area contributed by atoms with E-state index < -0.39 is 5.41 Å². The fourth-order valence-corrected chi connectivity index (χ4v) is 11.5. The highest BCUT2D eigenvalue weighted by atomic mass is 15.0. The molecular formula is C66H41N3. The lowest BCUT2D eigenvalue weighted by Gasteiger charge is -2.35. The topological polar surface area (TPSA) is 38.7 Å². The van der Waals surface area contributed by atoms with Crippen LogP contribution in [0.3, 0.4) is 0 Å². The summed E-state index contributed by atoms with van der Waals surface area (Å²) in [7, 11) is 0. The Morgan fingerprint density at radius 3 is 1.03 bits per heavy atom. The van der Waals surface area contributed by atoms with Crippen LogP contribution in [-0.2, 0) is 5.41 Å². The fraction of sp³-hybridized carbons (Fsp3) is 0.0152. The van der Waals surface area contributed by atoms with E-state index in [0.29, 0.717) is 17.5 Å². The summed E-state index contributed by atoms with van der Waals surface area (Å²) in [6.45, 7) is 0. The van der Waals surface area contributed by atoms with E-state index in [1.54, 1.807) is 0 Å². The molecule has 0 unspecified atom stereocenters. The zero-order valence-corrected chi connectivity index (χ0v) is 37.5. The molecule has 11 aromatic carbocycles. The van der Waals surface area contributed by atoms with Crippen molar-refractivity contribution in [2.45, 2.75) is 5.41 Å². The predicted octanol–water partition coefficient (Wildman–Crippen LogP) is 16.5. The minimum Gasteiger partial charge on any atom is -0.208 e. The number of benzene rings is 11. The van der Waals surface area contributed by atoms with Gasteiger partial charge in [-0.2, -0.15) is 0 Å². The first-order chi connectivity index (χ1) is 34.2. The van der Waals surface area contributed by atoms with Crippen LogP contribution in [0.4, 0.5) is 0 Å². The molecule has 1 heterocycles. The SMILES string of the molecule is c1ccc2c(c1)-c1ccccc1C1(c3ccc(-c4nc(-c5ccc(-c6cccc7ccccc67)cc5)nc(-c5ccc(-c6cccc7ccccc67)cc5)n4)cc3-2)c2ccccc2-c2ccccc21. The molecule has 1 spiro atoms. The van der Waals surface area contributed by atoms with Gasteiger partial charge in [-0.1, -0.05) is 243 Å². The summed E-state index contributed by atoms with van der Waals surface area (Å²) >= 11 is 0. The molecule has 0 amide bonds. The minimum atomic E-state index is -0.566. The quantitative estimate of drug-likeness (QED) is 0.173. The summed E-state index contributed by atoms with van der Waals surface area (Å²) in [5.41, 5.74) is 19.3. The molecule has 0 N–H and O–H groups in total. The molecule has 0 saturated carbocycles. The standard InChI is InChI=1S/C66H41N3/c1-3-19-49-42(15-1)17-13-26-51(49)44-31-35-46(36-32-44)63-67-64(47-37-33-45(34-38-47)52-27-14-18-43-16-2-4-20-50(43)52)69-65(68-63)48-39-40-62-58(41-48)54-22-6-5-21-53(54)55-23-7-10-28-59(55)66(62)60-29-11-8-24-56(60)57-25-9-12-30-61(57)66/h1-41H. The number of rotatable bonds is 5. The zero-order chi connectivity index (χ0) is 45.5. The molecule has 3 nitrogen and oxygen atoms in total. The summed E-state index contributed by atoms with van der Waals surface area (Å²) in [5.74, 6) is 1.86. The lowest BCUT2D eigenvalue weighted by Crippen LogP contribution is -2.29. The normalized spacial score (nSPS) is 12.8. The first-order valence-electron chi connectivity index (χ1n) is 23.7. The Kier molecular flexibility index (Phi) is 8.80. The van der Waals surface area contributed by atoms with E-state index >= 15 is 0 Å². The largest absolute Gasteiger partial charge is 0.208 e. The highest BCUT2D eigenvalue weighted by molar-refractivity contribution is 6.00. The van der Waals surface area contributed by atoms with E-state index in [9.17, 15) is 0 Å². The summed E-state index contributed by atoms with van der Waals surface area (Å²) < 4.78 is 0. The third-order valence-corrected chi connectivity index (χ3v) is 14.6. The van der Waals surface area contributed by atoms with Crippen molar-refractivity contribution >= 4 is 21.5 Å². The summed E-state index contributed by atoms with van der Waals surface area (Å²) in [4.78, 5) is 16.0. The van der Waals surface area contributed by atoms with Gasteiger partial charge in [-0.05, 0) is 105 Å². The molecule has 320 valence electrons. The average molecular weight is 876 g/mol. The predicted molar refractivity (Wildman–Crippen MR) is 284 cm³/mol. The minimum absolute atomic E-state index is 0.566. The van der Waals surface area contributed by atoms with Gasteiger partial charge in [-0.3, -0.25) is 0 Å². The average Bonchev–Trinajstić information content (AvgIpc) is 3.67. The molecule has 0 bridgehead atoms. The maximum absolute atomic E-state index is 5.36. The molecule has 0 saturated heterocycles. The van der Waals surface area contributed by atoms with Crippen LogP contribution in [-0.4, -0.2) is 15.0 Å². The highest BCUT2D eigenvalue weighted by Gasteiger charge is 2.49. The van der Waals surface area contributed by atoms with Crippen LogP contribution in [0.15, 0.2) is 249 Å². The highest BCUT2D eigenvalue weighted by Crippen LogP contribution is 2.61. The van der Waals surface area contributed by atoms with Gasteiger partial charge in [0.05, 0.1) is 5.41 Å². The Labute approximate surface area is 400 Å². The van der Waals surface area contributed by atoms with Crippen molar-refractivity contribution in [3.05, 3.63) is 271 Å². The number of hydrogen-bond donors (Lipinski definition) is 0. The zero-order valence-electron chi connectivity index (χ0n) is 37.5. The maximum atomic E-state index is 5.36. The van der Waals surface area contributed by atoms with Crippen LogP contribution in [0.25, 0.3) is 111 Å². The van der Waals surface area contributed by atoms with E-state index in [2.05, 4.69) is 249 Å². The van der Waals surface area contributed by atoms with Gasteiger partial charge in [-0.25, -0.2) is 15.0 Å². The molecule has 14 rings (SSSR count). The Hall–Kier alpha value is -9.05. The van der Waals surface area contributed by atoms with E-state index in [-0.39, 0.29) is 0 Å². The molecule has 69 heavy (non-hydrogen) atoms. The van der Waals surface area contributed by atoms with Gasteiger partial charge in [0.25, 0.3) is 0 Å². The van der Waals surface area contributed by atoms with E-state index in [1.165, 1.54) is 82.7 Å². The third kappa shape index (κ3) is 6.04. The van der Waals surface area contributed by atoms with Crippen LogP contribution < -0.4 is 0 Å². The van der Waals surface area contributed by atoms with Crippen molar-refractivity contribution in [1.29, 1.82) is 0 Å². The van der Waals surface area contributed by atoms with Gasteiger partial charge < -0.3 is 0 Å². The second kappa shape index (κ2) is 15.5. The van der Waals surface area contributed by atoms with Gasteiger partial charge in [-0.15, -0.1) is 0 Å². The van der Waals surface area contributed by atoms with Crippen molar-refractivity contribution < 1.29 is 0 Å². The Morgan fingerprint density at radius 1 is 0.217 bits per heavy atom. The lowest BCUT2D eigenvalue weighted by molar-refractivity contribution is 0.775. The van der Waals surface area contributed by atoms with Gasteiger partial charge in [0.2, 0.25) is 0 Å². The molecule has 2 aliphatic carbocycles. The Bertz CT molecular complexity index is 3820.